The van der Waals surface area contributed by atoms with Gasteiger partial charge in [0.2, 0.25) is 5.91 Å². The summed E-state index contributed by atoms with van der Waals surface area (Å²) in [4.78, 5) is 11.2. The van der Waals surface area contributed by atoms with E-state index in [1.165, 1.54) is 20.0 Å². The quantitative estimate of drug-likeness (QED) is 0.704. The topological polar surface area (TPSA) is 58.6 Å². The molecule has 0 aromatic heterocycles. The minimum Gasteiger partial charge on any atom is -0.396 e. The molecule has 4 nitrogen and oxygen atoms in total. The summed E-state index contributed by atoms with van der Waals surface area (Å²) in [5, 5.41) is 12.0. The molecule has 15 heavy (non-hydrogen) atoms. The Morgan fingerprint density at radius 1 is 1.40 bits per heavy atom. The van der Waals surface area contributed by atoms with Gasteiger partial charge in [-0.1, -0.05) is 12.8 Å². The van der Waals surface area contributed by atoms with Crippen LogP contribution in [0, 0.1) is 11.8 Å². The molecule has 0 aromatic carbocycles. The summed E-state index contributed by atoms with van der Waals surface area (Å²) in [7, 11) is 1.51. The molecule has 1 fully saturated rings. The fourth-order valence-corrected chi connectivity index (χ4v) is 2.22. The minimum absolute atomic E-state index is 0.0697. The first-order valence-corrected chi connectivity index (χ1v) is 5.64. The van der Waals surface area contributed by atoms with Crippen LogP contribution in [0.5, 0.6) is 0 Å². The van der Waals surface area contributed by atoms with Crippen LogP contribution in [0.3, 0.4) is 0 Å². The van der Waals surface area contributed by atoms with Crippen LogP contribution in [-0.4, -0.2) is 37.9 Å². The van der Waals surface area contributed by atoms with Crippen LogP contribution >= 0.6 is 0 Å². The molecule has 0 heterocycles. The lowest BCUT2D eigenvalue weighted by Gasteiger charge is -2.30. The molecule has 2 N–H and O–H groups in total. The van der Waals surface area contributed by atoms with Crippen molar-refractivity contribution in [2.24, 2.45) is 11.8 Å². The number of rotatable bonds is 5. The zero-order chi connectivity index (χ0) is 11.1. The largest absolute Gasteiger partial charge is 0.396 e. The van der Waals surface area contributed by atoms with E-state index in [0.29, 0.717) is 18.4 Å². The molecule has 0 bridgehead atoms. The van der Waals surface area contributed by atoms with Crippen molar-refractivity contribution in [3.63, 3.8) is 0 Å². The number of carbonyl (C=O) groups excluding carboxylic acids is 1. The molecule has 0 aliphatic heterocycles. The first kappa shape index (κ1) is 12.5. The van der Waals surface area contributed by atoms with Crippen molar-refractivity contribution in [2.75, 3.05) is 26.9 Å². The number of aliphatic hydroxyl groups is 1. The molecule has 1 saturated carbocycles. The van der Waals surface area contributed by atoms with E-state index in [1.54, 1.807) is 0 Å². The third-order valence-corrected chi connectivity index (χ3v) is 3.14. The van der Waals surface area contributed by atoms with E-state index in [1.807, 2.05) is 0 Å². The molecule has 4 heteroatoms. The van der Waals surface area contributed by atoms with Gasteiger partial charge in [-0.3, -0.25) is 4.79 Å². The molecule has 0 spiro atoms. The van der Waals surface area contributed by atoms with Crippen molar-refractivity contribution in [3.8, 4) is 0 Å². The Morgan fingerprint density at radius 2 is 2.07 bits per heavy atom. The lowest BCUT2D eigenvalue weighted by Crippen LogP contribution is -2.36. The average Bonchev–Trinajstić information content (AvgIpc) is 2.27. The van der Waals surface area contributed by atoms with Gasteiger partial charge in [-0.2, -0.15) is 0 Å². The van der Waals surface area contributed by atoms with Gasteiger partial charge >= 0.3 is 0 Å². The number of hydrogen-bond donors (Lipinski definition) is 2. The van der Waals surface area contributed by atoms with Crippen molar-refractivity contribution in [3.05, 3.63) is 0 Å². The fraction of sp³-hybridized carbons (Fsp3) is 0.909. The maximum absolute atomic E-state index is 11.2. The summed E-state index contributed by atoms with van der Waals surface area (Å²) in [6.45, 7) is 1.04. The first-order chi connectivity index (χ1) is 7.27. The van der Waals surface area contributed by atoms with Gasteiger partial charge in [0, 0.05) is 20.3 Å². The van der Waals surface area contributed by atoms with Gasteiger partial charge in [-0.15, -0.1) is 0 Å². The van der Waals surface area contributed by atoms with E-state index in [-0.39, 0.29) is 19.1 Å². The Hall–Kier alpha value is -0.610. The van der Waals surface area contributed by atoms with Crippen LogP contribution in [0.15, 0.2) is 0 Å². The molecule has 0 saturated heterocycles. The molecule has 0 aromatic rings. The Morgan fingerprint density at radius 3 is 2.67 bits per heavy atom. The van der Waals surface area contributed by atoms with Crippen molar-refractivity contribution in [1.82, 2.24) is 5.32 Å². The molecule has 1 amide bonds. The predicted octanol–water partition coefficient (Wildman–Crippen LogP) is 0.548. The third kappa shape index (κ3) is 4.18. The standard InChI is InChI=1S/C11H21NO3/c1-15-8-11(14)12-6-9-4-2-3-5-10(9)7-13/h9-10,13H,2-8H2,1H3,(H,12,14). The fourth-order valence-electron chi connectivity index (χ4n) is 2.22. The molecule has 1 aliphatic carbocycles. The van der Waals surface area contributed by atoms with E-state index in [2.05, 4.69) is 5.32 Å². The Bertz CT molecular complexity index is 196. The highest BCUT2D eigenvalue weighted by Gasteiger charge is 2.24. The van der Waals surface area contributed by atoms with Crippen LogP contribution in [0.4, 0.5) is 0 Å². The second kappa shape index (κ2) is 6.80. The number of nitrogens with one attached hydrogen (secondary N) is 1. The third-order valence-electron chi connectivity index (χ3n) is 3.14. The summed E-state index contributed by atoms with van der Waals surface area (Å²) >= 11 is 0. The van der Waals surface area contributed by atoms with Gasteiger partial charge in [-0.25, -0.2) is 0 Å². The van der Waals surface area contributed by atoms with Gasteiger partial charge in [0.25, 0.3) is 0 Å². The summed E-state index contributed by atoms with van der Waals surface area (Å²) in [5.74, 6) is 0.728. The maximum atomic E-state index is 11.2. The molecule has 1 rings (SSSR count). The highest BCUT2D eigenvalue weighted by atomic mass is 16.5. The Balaban J connectivity index is 2.26. The number of hydrogen-bond acceptors (Lipinski definition) is 3. The van der Waals surface area contributed by atoms with Gasteiger partial charge in [-0.05, 0) is 24.7 Å². The van der Waals surface area contributed by atoms with Crippen molar-refractivity contribution in [2.45, 2.75) is 25.7 Å². The van der Waals surface area contributed by atoms with E-state index in [9.17, 15) is 9.90 Å². The second-order valence-corrected chi connectivity index (χ2v) is 4.22. The van der Waals surface area contributed by atoms with Crippen molar-refractivity contribution < 1.29 is 14.6 Å². The van der Waals surface area contributed by atoms with Crippen LogP contribution in [-0.2, 0) is 9.53 Å². The number of amides is 1. The van der Waals surface area contributed by atoms with Crippen molar-refractivity contribution >= 4 is 5.91 Å². The molecular weight excluding hydrogens is 194 g/mol. The van der Waals surface area contributed by atoms with Gasteiger partial charge in [0.15, 0.2) is 0 Å². The predicted molar refractivity (Wildman–Crippen MR) is 57.4 cm³/mol. The highest BCUT2D eigenvalue weighted by Crippen LogP contribution is 2.28. The van der Waals surface area contributed by atoms with Crippen molar-refractivity contribution in [1.29, 1.82) is 0 Å². The van der Waals surface area contributed by atoms with Crippen LogP contribution in [0.25, 0.3) is 0 Å². The maximum Gasteiger partial charge on any atom is 0.245 e. The summed E-state index contributed by atoms with van der Waals surface area (Å²) in [6.07, 6.45) is 4.61. The molecule has 2 atom stereocenters. The zero-order valence-electron chi connectivity index (χ0n) is 9.37. The van der Waals surface area contributed by atoms with Crippen LogP contribution in [0.2, 0.25) is 0 Å². The minimum atomic E-state index is -0.0697. The molecule has 2 unspecified atom stereocenters. The van der Waals surface area contributed by atoms with E-state index < -0.39 is 0 Å². The molecule has 1 aliphatic rings. The van der Waals surface area contributed by atoms with E-state index in [4.69, 9.17) is 4.74 Å². The van der Waals surface area contributed by atoms with Crippen LogP contribution in [0.1, 0.15) is 25.7 Å². The number of ether oxygens (including phenoxy) is 1. The normalized spacial score (nSPS) is 26.3. The highest BCUT2D eigenvalue weighted by molar-refractivity contribution is 5.77. The van der Waals surface area contributed by atoms with Gasteiger partial charge < -0.3 is 15.2 Å². The van der Waals surface area contributed by atoms with E-state index in [0.717, 1.165) is 12.8 Å². The molecule has 0 radical (unpaired) electrons. The summed E-state index contributed by atoms with van der Waals surface area (Å²) in [6, 6.07) is 0. The number of aliphatic hydroxyl groups excluding tert-OH is 1. The van der Waals surface area contributed by atoms with Crippen LogP contribution < -0.4 is 5.32 Å². The molecular formula is C11H21NO3. The second-order valence-electron chi connectivity index (χ2n) is 4.22. The van der Waals surface area contributed by atoms with Gasteiger partial charge in [0.05, 0.1) is 0 Å². The lowest BCUT2D eigenvalue weighted by atomic mass is 9.79. The average molecular weight is 215 g/mol. The summed E-state index contributed by atoms with van der Waals surface area (Å²) in [5.41, 5.74) is 0. The molecule has 88 valence electrons. The van der Waals surface area contributed by atoms with Gasteiger partial charge in [0.1, 0.15) is 6.61 Å². The SMILES string of the molecule is COCC(=O)NCC1CCCCC1CO. The monoisotopic (exact) mass is 215 g/mol. The Kier molecular flexibility index (Phi) is 5.65. The first-order valence-electron chi connectivity index (χ1n) is 5.64. The zero-order valence-corrected chi connectivity index (χ0v) is 9.37. The smallest absolute Gasteiger partial charge is 0.245 e. The number of methoxy groups -OCH3 is 1. The lowest BCUT2D eigenvalue weighted by molar-refractivity contribution is -0.125. The summed E-state index contributed by atoms with van der Waals surface area (Å²) < 4.78 is 4.74. The van der Waals surface area contributed by atoms with E-state index >= 15 is 0 Å². The number of carbonyl (C=O) groups is 1. The Labute approximate surface area is 91.0 Å².